The summed E-state index contributed by atoms with van der Waals surface area (Å²) in [5, 5.41) is 0. The smallest absolute Gasteiger partial charge is 0.366 e. The van der Waals surface area contributed by atoms with E-state index in [9.17, 15) is 13.2 Å². The van der Waals surface area contributed by atoms with Crippen LogP contribution in [-0.4, -0.2) is 24.8 Å². The molecule has 0 spiro atoms. The van der Waals surface area contributed by atoms with Crippen LogP contribution in [0, 0.1) is 0 Å². The van der Waals surface area contributed by atoms with E-state index >= 15 is 0 Å². The molecule has 6 heteroatoms. The Bertz CT molecular complexity index is 325. The summed E-state index contributed by atoms with van der Waals surface area (Å²) in [7, 11) is 1.38. The molecule has 0 amide bonds. The van der Waals surface area contributed by atoms with Crippen molar-refractivity contribution in [2.24, 2.45) is 5.73 Å². The Kier molecular flexibility index (Phi) is 3.52. The van der Waals surface area contributed by atoms with Gasteiger partial charge in [-0.05, 0) is 12.1 Å². The molecule has 0 fully saturated rings. The molecule has 1 rings (SSSR count). The number of nitrogens with two attached hydrogens (primary N) is 1. The molecule has 0 aliphatic rings. The molecular weight excluding hydrogens is 207 g/mol. The molecule has 0 unspecified atom stereocenters. The monoisotopic (exact) mass is 219 g/mol. The van der Waals surface area contributed by atoms with E-state index in [1.165, 1.54) is 19.3 Å². The molecule has 0 aliphatic carbocycles. The topological polar surface area (TPSA) is 42.2 Å². The molecule has 2 N–H and O–H groups in total. The van der Waals surface area contributed by atoms with Crippen LogP contribution in [0.25, 0.3) is 0 Å². The van der Waals surface area contributed by atoms with Gasteiger partial charge in [0, 0.05) is 25.5 Å². The lowest BCUT2D eigenvalue weighted by Gasteiger charge is -2.21. The maximum atomic E-state index is 12.1. The van der Waals surface area contributed by atoms with E-state index in [-0.39, 0.29) is 6.54 Å². The molecule has 1 aromatic rings. The fourth-order valence-electron chi connectivity index (χ4n) is 1.17. The number of hydrogen-bond acceptors (Lipinski definition) is 3. The van der Waals surface area contributed by atoms with Gasteiger partial charge in [0.05, 0.1) is 5.69 Å². The first-order valence-corrected chi connectivity index (χ1v) is 4.35. The van der Waals surface area contributed by atoms with Crippen LogP contribution in [0.1, 0.15) is 5.69 Å². The lowest BCUT2D eigenvalue weighted by Crippen LogP contribution is -2.30. The van der Waals surface area contributed by atoms with Crippen molar-refractivity contribution in [1.29, 1.82) is 0 Å². The molecule has 0 saturated carbocycles. The number of anilines is 1. The maximum Gasteiger partial charge on any atom is 0.405 e. The molecule has 0 radical (unpaired) electrons. The number of rotatable bonds is 3. The van der Waals surface area contributed by atoms with Crippen LogP contribution in [0.5, 0.6) is 0 Å². The van der Waals surface area contributed by atoms with Crippen molar-refractivity contribution in [3.8, 4) is 0 Å². The quantitative estimate of drug-likeness (QED) is 0.838. The third kappa shape index (κ3) is 3.75. The molecule has 0 aromatic carbocycles. The van der Waals surface area contributed by atoms with Gasteiger partial charge < -0.3 is 10.6 Å². The summed E-state index contributed by atoms with van der Waals surface area (Å²) in [6.45, 7) is -0.769. The highest BCUT2D eigenvalue weighted by molar-refractivity contribution is 5.45. The highest BCUT2D eigenvalue weighted by atomic mass is 19.4. The Morgan fingerprint density at radius 2 is 2.13 bits per heavy atom. The van der Waals surface area contributed by atoms with Gasteiger partial charge in [-0.2, -0.15) is 13.2 Å². The first-order chi connectivity index (χ1) is 6.92. The molecule has 0 aliphatic heterocycles. The van der Waals surface area contributed by atoms with Crippen LogP contribution >= 0.6 is 0 Å². The summed E-state index contributed by atoms with van der Waals surface area (Å²) in [5.41, 5.74) is 6.37. The van der Waals surface area contributed by atoms with Gasteiger partial charge >= 0.3 is 6.18 Å². The average Bonchev–Trinajstić information content (AvgIpc) is 2.15. The van der Waals surface area contributed by atoms with Gasteiger partial charge in [-0.25, -0.2) is 0 Å². The van der Waals surface area contributed by atoms with Crippen molar-refractivity contribution >= 4 is 5.69 Å². The first kappa shape index (κ1) is 11.8. The standard InChI is InChI=1S/C9H12F3N3/c1-15(6-9(10,11)12)8-2-3-14-7(4-8)5-13/h2-4H,5-6,13H2,1H3. The Morgan fingerprint density at radius 3 is 2.67 bits per heavy atom. The van der Waals surface area contributed by atoms with Crippen molar-refractivity contribution < 1.29 is 13.2 Å². The van der Waals surface area contributed by atoms with Gasteiger partial charge in [0.15, 0.2) is 0 Å². The van der Waals surface area contributed by atoms with E-state index in [4.69, 9.17) is 5.73 Å². The fraction of sp³-hybridized carbons (Fsp3) is 0.444. The number of alkyl halides is 3. The predicted octanol–water partition coefficient (Wildman–Crippen LogP) is 1.54. The van der Waals surface area contributed by atoms with E-state index < -0.39 is 12.7 Å². The largest absolute Gasteiger partial charge is 0.405 e. The molecule has 3 nitrogen and oxygen atoms in total. The molecule has 0 bridgehead atoms. The van der Waals surface area contributed by atoms with Gasteiger partial charge in [0.1, 0.15) is 6.54 Å². The third-order valence-corrected chi connectivity index (χ3v) is 1.87. The number of nitrogens with zero attached hydrogens (tertiary/aromatic N) is 2. The van der Waals surface area contributed by atoms with E-state index in [1.807, 2.05) is 0 Å². The number of hydrogen-bond donors (Lipinski definition) is 1. The van der Waals surface area contributed by atoms with Gasteiger partial charge in [0.2, 0.25) is 0 Å². The summed E-state index contributed by atoms with van der Waals surface area (Å²) in [5.74, 6) is 0. The van der Waals surface area contributed by atoms with Gasteiger partial charge in [0.25, 0.3) is 0 Å². The molecule has 0 saturated heterocycles. The van der Waals surface area contributed by atoms with Crippen LogP contribution < -0.4 is 10.6 Å². The van der Waals surface area contributed by atoms with Crippen molar-refractivity contribution in [3.63, 3.8) is 0 Å². The second-order valence-electron chi connectivity index (χ2n) is 3.18. The molecular formula is C9H12F3N3. The summed E-state index contributed by atoms with van der Waals surface area (Å²) >= 11 is 0. The van der Waals surface area contributed by atoms with Crippen molar-refractivity contribution in [2.45, 2.75) is 12.7 Å². The normalized spacial score (nSPS) is 11.5. The zero-order valence-electron chi connectivity index (χ0n) is 8.25. The van der Waals surface area contributed by atoms with E-state index in [1.54, 1.807) is 6.07 Å². The summed E-state index contributed by atoms with van der Waals surface area (Å²) < 4.78 is 36.3. The van der Waals surface area contributed by atoms with Gasteiger partial charge in [-0.1, -0.05) is 0 Å². The SMILES string of the molecule is CN(CC(F)(F)F)c1ccnc(CN)c1. The van der Waals surface area contributed by atoms with Crippen LogP contribution in [0.3, 0.4) is 0 Å². The van der Waals surface area contributed by atoms with Gasteiger partial charge in [-0.15, -0.1) is 0 Å². The summed E-state index contributed by atoms with van der Waals surface area (Å²) in [4.78, 5) is 5.02. The van der Waals surface area contributed by atoms with Crippen LogP contribution in [0.2, 0.25) is 0 Å². The summed E-state index contributed by atoms with van der Waals surface area (Å²) in [6.07, 6.45) is -2.76. The van der Waals surface area contributed by atoms with Crippen LogP contribution in [0.4, 0.5) is 18.9 Å². The van der Waals surface area contributed by atoms with Crippen molar-refractivity contribution in [3.05, 3.63) is 24.0 Å². The minimum Gasteiger partial charge on any atom is -0.366 e. The van der Waals surface area contributed by atoms with E-state index in [0.717, 1.165) is 4.90 Å². The van der Waals surface area contributed by atoms with Gasteiger partial charge in [-0.3, -0.25) is 4.98 Å². The van der Waals surface area contributed by atoms with Crippen molar-refractivity contribution in [2.75, 3.05) is 18.5 Å². The maximum absolute atomic E-state index is 12.1. The number of halogens is 3. The fourth-order valence-corrected chi connectivity index (χ4v) is 1.17. The Morgan fingerprint density at radius 1 is 1.47 bits per heavy atom. The zero-order valence-corrected chi connectivity index (χ0v) is 8.25. The Balaban J connectivity index is 2.77. The Hall–Kier alpha value is -1.30. The molecule has 1 heterocycles. The highest BCUT2D eigenvalue weighted by Crippen LogP contribution is 2.20. The second-order valence-corrected chi connectivity index (χ2v) is 3.18. The predicted molar refractivity (Wildman–Crippen MR) is 51.5 cm³/mol. The average molecular weight is 219 g/mol. The van der Waals surface area contributed by atoms with E-state index in [2.05, 4.69) is 4.98 Å². The van der Waals surface area contributed by atoms with Crippen LogP contribution in [-0.2, 0) is 6.54 Å². The second kappa shape index (κ2) is 4.48. The molecule has 0 atom stereocenters. The zero-order chi connectivity index (χ0) is 11.5. The molecule has 84 valence electrons. The summed E-state index contributed by atoms with van der Waals surface area (Å²) in [6, 6.07) is 3.07. The Labute approximate surface area is 85.7 Å². The minimum atomic E-state index is -4.21. The van der Waals surface area contributed by atoms with Crippen molar-refractivity contribution in [1.82, 2.24) is 4.98 Å². The van der Waals surface area contributed by atoms with Crippen LogP contribution in [0.15, 0.2) is 18.3 Å². The number of pyridine rings is 1. The molecule has 1 aromatic heterocycles. The lowest BCUT2D eigenvalue weighted by atomic mass is 10.3. The highest BCUT2D eigenvalue weighted by Gasteiger charge is 2.29. The molecule has 15 heavy (non-hydrogen) atoms. The number of aromatic nitrogens is 1. The minimum absolute atomic E-state index is 0.216. The van der Waals surface area contributed by atoms with E-state index in [0.29, 0.717) is 11.4 Å². The first-order valence-electron chi connectivity index (χ1n) is 4.35. The lowest BCUT2D eigenvalue weighted by molar-refractivity contribution is -0.119. The third-order valence-electron chi connectivity index (χ3n) is 1.87.